The molecule has 8 nitrogen and oxygen atoms in total. The van der Waals surface area contributed by atoms with E-state index < -0.39 is 0 Å². The monoisotopic (exact) mass is 355 g/mol. The third kappa shape index (κ3) is 4.59. The number of aromatic nitrogens is 4. The number of hydrogen-bond acceptors (Lipinski definition) is 5. The topological polar surface area (TPSA) is 88.0 Å². The van der Waals surface area contributed by atoms with Gasteiger partial charge in [-0.1, -0.05) is 12.2 Å². The third-order valence-corrected chi connectivity index (χ3v) is 4.46. The molecule has 1 atom stereocenters. The summed E-state index contributed by atoms with van der Waals surface area (Å²) in [6.07, 6.45) is 12.9. The summed E-state index contributed by atoms with van der Waals surface area (Å²) >= 11 is 0. The van der Waals surface area contributed by atoms with Crippen molar-refractivity contribution in [1.29, 1.82) is 0 Å². The summed E-state index contributed by atoms with van der Waals surface area (Å²) < 4.78 is 1.88. The van der Waals surface area contributed by atoms with Crippen molar-refractivity contribution in [3.05, 3.63) is 42.4 Å². The van der Waals surface area contributed by atoms with Gasteiger partial charge in [-0.15, -0.1) is 0 Å². The molecule has 2 N–H and O–H groups in total. The van der Waals surface area contributed by atoms with Crippen molar-refractivity contribution >= 4 is 17.8 Å². The van der Waals surface area contributed by atoms with Crippen LogP contribution in [0.25, 0.3) is 0 Å². The Morgan fingerprint density at radius 2 is 2.15 bits per heavy atom. The van der Waals surface area contributed by atoms with E-state index in [9.17, 15) is 4.79 Å². The maximum atomic E-state index is 12.5. The SMILES string of the molecule is CNc1ncc(CN(C)C(=O)Nc2ccnn2C[C@@H]2CC=CCC2)cn1. The average Bonchev–Trinajstić information content (AvgIpc) is 3.09. The van der Waals surface area contributed by atoms with Crippen LogP contribution >= 0.6 is 0 Å². The molecule has 2 aromatic rings. The number of urea groups is 1. The van der Waals surface area contributed by atoms with Gasteiger partial charge >= 0.3 is 6.03 Å². The lowest BCUT2D eigenvalue weighted by Crippen LogP contribution is -2.32. The van der Waals surface area contributed by atoms with Crippen LogP contribution in [0.4, 0.5) is 16.6 Å². The molecule has 2 amide bonds. The van der Waals surface area contributed by atoms with Gasteiger partial charge in [-0.3, -0.25) is 5.32 Å². The standard InChI is InChI=1S/C18H25N7O/c1-19-17-20-10-15(11-21-17)12-24(2)18(26)23-16-8-9-22-25(16)13-14-6-4-3-5-7-14/h3-4,8-11,14H,5-7,12-13H2,1-2H3,(H,23,26)(H,19,20,21)/t14-/m1/s1. The zero-order valence-corrected chi connectivity index (χ0v) is 15.2. The summed E-state index contributed by atoms with van der Waals surface area (Å²) in [5.74, 6) is 1.84. The second kappa shape index (κ2) is 8.46. The van der Waals surface area contributed by atoms with Gasteiger partial charge in [-0.25, -0.2) is 19.4 Å². The van der Waals surface area contributed by atoms with Crippen LogP contribution < -0.4 is 10.6 Å². The quantitative estimate of drug-likeness (QED) is 0.778. The number of carbonyl (C=O) groups is 1. The Bertz CT molecular complexity index is 753. The predicted octanol–water partition coefficient (Wildman–Crippen LogP) is 2.74. The Morgan fingerprint density at radius 3 is 2.85 bits per heavy atom. The van der Waals surface area contributed by atoms with Crippen LogP contribution in [0, 0.1) is 5.92 Å². The highest BCUT2D eigenvalue weighted by atomic mass is 16.2. The highest BCUT2D eigenvalue weighted by molar-refractivity contribution is 5.88. The molecule has 0 radical (unpaired) electrons. The molecule has 138 valence electrons. The van der Waals surface area contributed by atoms with E-state index in [2.05, 4.69) is 37.9 Å². The van der Waals surface area contributed by atoms with E-state index in [1.807, 2.05) is 10.7 Å². The lowest BCUT2D eigenvalue weighted by Gasteiger charge is -2.21. The van der Waals surface area contributed by atoms with Crippen LogP contribution in [0.1, 0.15) is 24.8 Å². The van der Waals surface area contributed by atoms with Gasteiger partial charge in [-0.05, 0) is 25.2 Å². The Kier molecular flexibility index (Phi) is 5.83. The van der Waals surface area contributed by atoms with E-state index in [1.54, 1.807) is 37.6 Å². The van der Waals surface area contributed by atoms with Crippen molar-refractivity contribution in [2.45, 2.75) is 32.4 Å². The highest BCUT2D eigenvalue weighted by Crippen LogP contribution is 2.21. The molecule has 1 aliphatic rings. The summed E-state index contributed by atoms with van der Waals surface area (Å²) in [4.78, 5) is 22.4. The molecule has 0 bridgehead atoms. The van der Waals surface area contributed by atoms with Gasteiger partial charge in [0.25, 0.3) is 0 Å². The molecule has 26 heavy (non-hydrogen) atoms. The van der Waals surface area contributed by atoms with Gasteiger partial charge in [0.1, 0.15) is 5.82 Å². The molecule has 1 aliphatic carbocycles. The molecular weight excluding hydrogens is 330 g/mol. The second-order valence-electron chi connectivity index (χ2n) is 6.50. The number of hydrogen-bond donors (Lipinski definition) is 2. The van der Waals surface area contributed by atoms with Gasteiger partial charge in [-0.2, -0.15) is 5.10 Å². The van der Waals surface area contributed by atoms with E-state index in [0.29, 0.717) is 18.4 Å². The molecule has 0 aliphatic heterocycles. The van der Waals surface area contributed by atoms with Crippen LogP contribution in [0.2, 0.25) is 0 Å². The van der Waals surface area contributed by atoms with Gasteiger partial charge in [0.05, 0.1) is 12.7 Å². The smallest absolute Gasteiger partial charge is 0.323 e. The number of nitrogens with zero attached hydrogens (tertiary/aromatic N) is 5. The largest absolute Gasteiger partial charge is 0.357 e. The van der Waals surface area contributed by atoms with Crippen molar-refractivity contribution in [1.82, 2.24) is 24.6 Å². The van der Waals surface area contributed by atoms with Crippen molar-refractivity contribution in [3.63, 3.8) is 0 Å². The Balaban J connectivity index is 1.57. The van der Waals surface area contributed by atoms with Crippen molar-refractivity contribution in [2.75, 3.05) is 24.7 Å². The fourth-order valence-electron chi connectivity index (χ4n) is 2.97. The van der Waals surface area contributed by atoms with E-state index in [1.165, 1.54) is 0 Å². The Labute approximate surface area is 153 Å². The Morgan fingerprint density at radius 1 is 1.35 bits per heavy atom. The third-order valence-electron chi connectivity index (χ3n) is 4.46. The minimum Gasteiger partial charge on any atom is -0.357 e. The first-order valence-electron chi connectivity index (χ1n) is 8.83. The molecule has 2 heterocycles. The van der Waals surface area contributed by atoms with Gasteiger partial charge in [0.15, 0.2) is 0 Å². The molecule has 0 spiro atoms. The molecule has 0 fully saturated rings. The molecule has 0 aromatic carbocycles. The number of allylic oxidation sites excluding steroid dienone is 2. The zero-order chi connectivity index (χ0) is 18.4. The van der Waals surface area contributed by atoms with Crippen LogP contribution in [0.15, 0.2) is 36.8 Å². The lowest BCUT2D eigenvalue weighted by molar-refractivity contribution is 0.220. The maximum Gasteiger partial charge on any atom is 0.323 e. The first-order chi connectivity index (χ1) is 12.7. The van der Waals surface area contributed by atoms with Gasteiger partial charge in [0, 0.05) is 44.7 Å². The van der Waals surface area contributed by atoms with E-state index in [0.717, 1.165) is 37.2 Å². The molecule has 0 saturated heterocycles. The summed E-state index contributed by atoms with van der Waals surface area (Å²) in [5.41, 5.74) is 0.865. The maximum absolute atomic E-state index is 12.5. The van der Waals surface area contributed by atoms with Gasteiger partial charge < -0.3 is 10.2 Å². The first-order valence-corrected chi connectivity index (χ1v) is 8.83. The summed E-state index contributed by atoms with van der Waals surface area (Å²) in [6.45, 7) is 1.24. The minimum absolute atomic E-state index is 0.187. The second-order valence-corrected chi connectivity index (χ2v) is 6.50. The number of carbonyl (C=O) groups excluding carboxylic acids is 1. The number of anilines is 2. The fourth-order valence-corrected chi connectivity index (χ4v) is 2.97. The normalized spacial score (nSPS) is 16.3. The van der Waals surface area contributed by atoms with Crippen molar-refractivity contribution in [3.8, 4) is 0 Å². The fraction of sp³-hybridized carbons (Fsp3) is 0.444. The summed E-state index contributed by atoms with van der Waals surface area (Å²) in [5, 5.41) is 10.2. The van der Waals surface area contributed by atoms with E-state index in [4.69, 9.17) is 0 Å². The number of nitrogens with one attached hydrogen (secondary N) is 2. The molecule has 0 unspecified atom stereocenters. The molecule has 8 heteroatoms. The molecule has 0 saturated carbocycles. The van der Waals surface area contributed by atoms with Crippen LogP contribution in [0.5, 0.6) is 0 Å². The van der Waals surface area contributed by atoms with Crippen molar-refractivity contribution in [2.24, 2.45) is 5.92 Å². The average molecular weight is 355 g/mol. The highest BCUT2D eigenvalue weighted by Gasteiger charge is 2.16. The minimum atomic E-state index is -0.187. The van der Waals surface area contributed by atoms with Crippen molar-refractivity contribution < 1.29 is 4.79 Å². The molecular formula is C18H25N7O. The first kappa shape index (κ1) is 17.9. The summed E-state index contributed by atoms with van der Waals surface area (Å²) in [6, 6.07) is 1.64. The number of rotatable bonds is 6. The lowest BCUT2D eigenvalue weighted by atomic mass is 9.94. The van der Waals surface area contributed by atoms with E-state index in [-0.39, 0.29) is 6.03 Å². The summed E-state index contributed by atoms with van der Waals surface area (Å²) in [7, 11) is 3.51. The zero-order valence-electron chi connectivity index (χ0n) is 15.2. The van der Waals surface area contributed by atoms with Crippen LogP contribution in [-0.4, -0.2) is 44.8 Å². The Hall–Kier alpha value is -2.90. The van der Waals surface area contributed by atoms with Crippen LogP contribution in [0.3, 0.4) is 0 Å². The molecule has 3 rings (SSSR count). The molecule has 2 aromatic heterocycles. The van der Waals surface area contributed by atoms with E-state index >= 15 is 0 Å². The number of amides is 2. The predicted molar refractivity (Wildman–Crippen MR) is 101 cm³/mol. The van der Waals surface area contributed by atoms with Gasteiger partial charge in [0.2, 0.25) is 5.95 Å². The van der Waals surface area contributed by atoms with Crippen LogP contribution in [-0.2, 0) is 13.1 Å².